The summed E-state index contributed by atoms with van der Waals surface area (Å²) >= 11 is 0. The summed E-state index contributed by atoms with van der Waals surface area (Å²) in [4.78, 5) is 2.65. The Hall–Kier alpha value is -0.0400. The highest BCUT2D eigenvalue weighted by Gasteiger charge is 2.08. The van der Waals surface area contributed by atoms with Gasteiger partial charge in [0.1, 0.15) is 0 Å². The highest BCUT2D eigenvalue weighted by molar-refractivity contribution is 4.64. The molecule has 106 valence electrons. The van der Waals surface area contributed by atoms with Crippen molar-refractivity contribution in [3.8, 4) is 0 Å². The predicted molar refractivity (Wildman–Crippen MR) is 81.7 cm³/mol. The molecule has 0 aliphatic carbocycles. The summed E-state index contributed by atoms with van der Waals surface area (Å²) in [5, 5.41) is 0. The molecule has 0 amide bonds. The number of nitrogens with zero attached hydrogens (tertiary/aromatic N) is 1. The van der Waals surface area contributed by atoms with Crippen LogP contribution in [0.1, 0.15) is 86.0 Å². The predicted octanol–water partition coefficient (Wildman–Crippen LogP) is 5.50. The van der Waals surface area contributed by atoms with E-state index in [0.29, 0.717) is 0 Å². The molecule has 1 fully saturated rings. The molecule has 1 saturated heterocycles. The van der Waals surface area contributed by atoms with E-state index in [9.17, 15) is 0 Å². The molecule has 0 N–H and O–H groups in total. The molecule has 1 heteroatoms. The zero-order valence-corrected chi connectivity index (χ0v) is 13.2. The second kappa shape index (κ2) is 18.3. The van der Waals surface area contributed by atoms with Crippen LogP contribution in [0.5, 0.6) is 0 Å². The molecule has 17 heavy (non-hydrogen) atoms. The molecular weight excluding hydrogens is 206 g/mol. The Bertz CT molecular complexity index is 106. The molecule has 0 aromatic heterocycles. The first-order chi connectivity index (χ1) is 8.43. The third kappa shape index (κ3) is 13.9. The lowest BCUT2D eigenvalue weighted by molar-refractivity contribution is 0.224. The highest BCUT2D eigenvalue weighted by atomic mass is 15.1. The van der Waals surface area contributed by atoms with E-state index in [-0.39, 0.29) is 0 Å². The monoisotopic (exact) mass is 243 g/mol. The molecule has 0 saturated carbocycles. The van der Waals surface area contributed by atoms with E-state index in [0.717, 1.165) is 0 Å². The molecule has 0 unspecified atom stereocenters. The number of rotatable bonds is 6. The Morgan fingerprint density at radius 2 is 1.24 bits per heavy atom. The first-order valence-corrected chi connectivity index (χ1v) is 8.16. The lowest BCUT2D eigenvalue weighted by Crippen LogP contribution is -2.30. The van der Waals surface area contributed by atoms with Gasteiger partial charge >= 0.3 is 0 Å². The fourth-order valence-corrected chi connectivity index (χ4v) is 2.12. The normalized spacial score (nSPS) is 15.4. The van der Waals surface area contributed by atoms with Gasteiger partial charge in [-0.25, -0.2) is 0 Å². The fourth-order valence-electron chi connectivity index (χ4n) is 2.12. The molecule has 1 nitrogen and oxygen atoms in total. The van der Waals surface area contributed by atoms with Gasteiger partial charge < -0.3 is 4.90 Å². The van der Waals surface area contributed by atoms with Crippen molar-refractivity contribution in [1.82, 2.24) is 4.90 Å². The van der Waals surface area contributed by atoms with Gasteiger partial charge in [0.25, 0.3) is 0 Å². The molecule has 0 radical (unpaired) electrons. The summed E-state index contributed by atoms with van der Waals surface area (Å²) in [5.41, 5.74) is 0. The molecule has 0 spiro atoms. The summed E-state index contributed by atoms with van der Waals surface area (Å²) < 4.78 is 0. The van der Waals surface area contributed by atoms with Gasteiger partial charge in [-0.15, -0.1) is 0 Å². The van der Waals surface area contributed by atoms with Crippen molar-refractivity contribution >= 4 is 0 Å². The van der Waals surface area contributed by atoms with Crippen molar-refractivity contribution in [1.29, 1.82) is 0 Å². The van der Waals surface area contributed by atoms with E-state index in [1.54, 1.807) is 0 Å². The number of hydrogen-bond donors (Lipinski definition) is 0. The lowest BCUT2D eigenvalue weighted by atomic mass is 10.1. The van der Waals surface area contributed by atoms with Crippen LogP contribution >= 0.6 is 0 Å². The minimum atomic E-state index is 1.36. The van der Waals surface area contributed by atoms with Crippen molar-refractivity contribution in [3.63, 3.8) is 0 Å². The van der Waals surface area contributed by atoms with E-state index in [4.69, 9.17) is 0 Å². The van der Waals surface area contributed by atoms with Gasteiger partial charge in [-0.3, -0.25) is 0 Å². The molecule has 1 rings (SSSR count). The zero-order valence-electron chi connectivity index (χ0n) is 13.2. The van der Waals surface area contributed by atoms with E-state index in [2.05, 4.69) is 11.8 Å². The Morgan fingerprint density at radius 1 is 0.706 bits per heavy atom. The second-order valence-electron chi connectivity index (χ2n) is 4.32. The van der Waals surface area contributed by atoms with Crippen LogP contribution in [0.25, 0.3) is 0 Å². The summed E-state index contributed by atoms with van der Waals surface area (Å²) in [6, 6.07) is 0. The van der Waals surface area contributed by atoms with Crippen LogP contribution in [0.4, 0.5) is 0 Å². The summed E-state index contributed by atoms with van der Waals surface area (Å²) in [7, 11) is 0. The fraction of sp³-hybridized carbons (Fsp3) is 1.00. The van der Waals surface area contributed by atoms with E-state index >= 15 is 0 Å². The van der Waals surface area contributed by atoms with Crippen LogP contribution in [0.15, 0.2) is 0 Å². The maximum atomic E-state index is 2.65. The van der Waals surface area contributed by atoms with Crippen LogP contribution < -0.4 is 0 Å². The van der Waals surface area contributed by atoms with Crippen molar-refractivity contribution < 1.29 is 0 Å². The van der Waals surface area contributed by atoms with Gasteiger partial charge in [-0.05, 0) is 38.9 Å². The maximum absolute atomic E-state index is 2.65. The van der Waals surface area contributed by atoms with Crippen LogP contribution in [0.2, 0.25) is 0 Å². The highest BCUT2D eigenvalue weighted by Crippen LogP contribution is 2.10. The number of likely N-dealkylation sites (tertiary alicyclic amines) is 1. The molecule has 0 bridgehead atoms. The van der Waals surface area contributed by atoms with E-state index in [1.165, 1.54) is 71.0 Å². The third-order valence-corrected chi connectivity index (χ3v) is 3.03. The summed E-state index contributed by atoms with van der Waals surface area (Å²) in [5.74, 6) is 0. The quantitative estimate of drug-likeness (QED) is 0.557. The minimum Gasteiger partial charge on any atom is -0.303 e. The van der Waals surface area contributed by atoms with Crippen molar-refractivity contribution in [2.24, 2.45) is 0 Å². The van der Waals surface area contributed by atoms with E-state index in [1.807, 2.05) is 27.7 Å². The SMILES string of the molecule is CC.CC.CCCCCCCN1CCCCC1. The van der Waals surface area contributed by atoms with Crippen LogP contribution in [-0.2, 0) is 0 Å². The smallest absolute Gasteiger partial charge is 0.00187 e. The van der Waals surface area contributed by atoms with Gasteiger partial charge in [0.2, 0.25) is 0 Å². The molecule has 1 aliphatic heterocycles. The molecule has 0 aromatic rings. The average molecular weight is 243 g/mol. The standard InChI is InChI=1S/C12H25N.2C2H6/c1-2-3-4-5-7-10-13-11-8-6-9-12-13;2*1-2/h2-12H2,1H3;2*1-2H3. The van der Waals surface area contributed by atoms with Crippen LogP contribution in [-0.4, -0.2) is 24.5 Å². The summed E-state index contributed by atoms with van der Waals surface area (Å²) in [6.45, 7) is 14.4. The topological polar surface area (TPSA) is 3.24 Å². The first-order valence-electron chi connectivity index (χ1n) is 8.16. The Kier molecular flexibility index (Phi) is 20.8. The number of hydrogen-bond acceptors (Lipinski definition) is 1. The molecular formula is C16H37N. The molecule has 1 heterocycles. The largest absolute Gasteiger partial charge is 0.303 e. The van der Waals surface area contributed by atoms with Crippen molar-refractivity contribution in [2.45, 2.75) is 86.0 Å². The first kappa shape index (κ1) is 19.3. The third-order valence-electron chi connectivity index (χ3n) is 3.03. The van der Waals surface area contributed by atoms with Crippen LogP contribution in [0.3, 0.4) is 0 Å². The molecule has 0 aromatic carbocycles. The van der Waals surface area contributed by atoms with Gasteiger partial charge in [0.05, 0.1) is 0 Å². The number of unbranched alkanes of at least 4 members (excludes halogenated alkanes) is 4. The van der Waals surface area contributed by atoms with E-state index < -0.39 is 0 Å². The Labute approximate surface area is 111 Å². The zero-order chi connectivity index (χ0) is 13.4. The van der Waals surface area contributed by atoms with Crippen LogP contribution in [0, 0.1) is 0 Å². The average Bonchev–Trinajstić information content (AvgIpc) is 2.44. The van der Waals surface area contributed by atoms with Gasteiger partial charge in [0.15, 0.2) is 0 Å². The Morgan fingerprint density at radius 3 is 1.76 bits per heavy atom. The molecule has 0 atom stereocenters. The maximum Gasteiger partial charge on any atom is -0.00187 e. The summed E-state index contributed by atoms with van der Waals surface area (Å²) in [6.07, 6.45) is 11.5. The number of piperidine rings is 1. The van der Waals surface area contributed by atoms with Crippen molar-refractivity contribution in [3.05, 3.63) is 0 Å². The van der Waals surface area contributed by atoms with Gasteiger partial charge in [-0.2, -0.15) is 0 Å². The van der Waals surface area contributed by atoms with Gasteiger partial charge in [0, 0.05) is 0 Å². The minimum absolute atomic E-state index is 1.36. The van der Waals surface area contributed by atoms with Gasteiger partial charge in [-0.1, -0.05) is 66.7 Å². The molecule has 1 aliphatic rings. The van der Waals surface area contributed by atoms with Crippen molar-refractivity contribution in [2.75, 3.05) is 19.6 Å². The second-order valence-corrected chi connectivity index (χ2v) is 4.32. The Balaban J connectivity index is 0. The lowest BCUT2D eigenvalue weighted by Gasteiger charge is -2.26.